The minimum absolute atomic E-state index is 0.188. The number of piperidine rings is 1. The smallest absolute Gasteiger partial charge is 0.256 e. The van der Waals surface area contributed by atoms with Crippen LogP contribution in [0.15, 0.2) is 23.3 Å². The summed E-state index contributed by atoms with van der Waals surface area (Å²) >= 11 is 0. The van der Waals surface area contributed by atoms with E-state index in [0.29, 0.717) is 12.5 Å². The molecule has 2 rings (SSSR count). The summed E-state index contributed by atoms with van der Waals surface area (Å²) in [5.41, 5.74) is -0.0504. The third kappa shape index (κ3) is 3.67. The van der Waals surface area contributed by atoms with Gasteiger partial charge in [0, 0.05) is 25.0 Å². The summed E-state index contributed by atoms with van der Waals surface area (Å²) in [5.74, 6) is 0.245. The van der Waals surface area contributed by atoms with Crippen LogP contribution in [-0.4, -0.2) is 42.0 Å². The number of carbonyl (C=O) groups is 1. The summed E-state index contributed by atoms with van der Waals surface area (Å²) in [5, 5.41) is 2.86. The molecule has 19 heavy (non-hydrogen) atoms. The molecule has 0 unspecified atom stereocenters. The molecule has 0 aromatic carbocycles. The Morgan fingerprint density at radius 1 is 1.47 bits per heavy atom. The Bertz CT molecular complexity index is 476. The predicted molar refractivity (Wildman–Crippen MR) is 74.2 cm³/mol. The summed E-state index contributed by atoms with van der Waals surface area (Å²) in [6.45, 7) is 6.12. The Morgan fingerprint density at radius 2 is 2.21 bits per heavy atom. The molecule has 0 radical (unpaired) electrons. The summed E-state index contributed by atoms with van der Waals surface area (Å²) < 4.78 is 0. The molecule has 1 fully saturated rings. The summed E-state index contributed by atoms with van der Waals surface area (Å²) in [4.78, 5) is 28.6. The van der Waals surface area contributed by atoms with E-state index < -0.39 is 0 Å². The number of rotatable bonds is 4. The van der Waals surface area contributed by atoms with Crippen molar-refractivity contribution in [2.45, 2.75) is 19.8 Å². The van der Waals surface area contributed by atoms with Crippen molar-refractivity contribution in [3.63, 3.8) is 0 Å². The van der Waals surface area contributed by atoms with Crippen molar-refractivity contribution < 1.29 is 4.79 Å². The van der Waals surface area contributed by atoms with E-state index in [0.717, 1.165) is 32.5 Å². The average molecular weight is 263 g/mol. The van der Waals surface area contributed by atoms with Crippen molar-refractivity contribution in [1.82, 2.24) is 15.2 Å². The van der Waals surface area contributed by atoms with Gasteiger partial charge in [-0.05, 0) is 38.4 Å². The van der Waals surface area contributed by atoms with Gasteiger partial charge in [0.1, 0.15) is 5.56 Å². The molecular weight excluding hydrogens is 242 g/mol. The highest BCUT2D eigenvalue weighted by Crippen LogP contribution is 2.15. The molecule has 1 aliphatic rings. The number of aromatic amines is 1. The van der Waals surface area contributed by atoms with Crippen LogP contribution in [0, 0.1) is 5.92 Å². The quantitative estimate of drug-likeness (QED) is 0.846. The fourth-order valence-electron chi connectivity index (χ4n) is 2.43. The first-order valence-electron chi connectivity index (χ1n) is 6.88. The lowest BCUT2D eigenvalue weighted by Gasteiger charge is -2.30. The molecule has 1 aromatic heterocycles. The summed E-state index contributed by atoms with van der Waals surface area (Å²) in [6, 6.07) is 1.37. The fraction of sp³-hybridized carbons (Fsp3) is 0.571. The molecule has 1 amide bonds. The third-order valence-electron chi connectivity index (χ3n) is 3.77. The maximum Gasteiger partial charge on any atom is 0.256 e. The lowest BCUT2D eigenvalue weighted by atomic mass is 9.97. The van der Waals surface area contributed by atoms with Crippen LogP contribution in [-0.2, 0) is 0 Å². The Labute approximate surface area is 113 Å². The second-order valence-electron chi connectivity index (χ2n) is 5.01. The monoisotopic (exact) mass is 263 g/mol. The van der Waals surface area contributed by atoms with Crippen molar-refractivity contribution in [3.8, 4) is 0 Å². The van der Waals surface area contributed by atoms with E-state index in [2.05, 4.69) is 22.1 Å². The number of H-pyrrole nitrogens is 1. The molecule has 0 saturated carbocycles. The van der Waals surface area contributed by atoms with E-state index in [-0.39, 0.29) is 16.9 Å². The number of carbonyl (C=O) groups excluding carboxylic acids is 1. The van der Waals surface area contributed by atoms with Gasteiger partial charge in [0.2, 0.25) is 0 Å². The Hall–Kier alpha value is -1.62. The molecule has 5 heteroatoms. The number of aromatic nitrogens is 1. The first-order valence-corrected chi connectivity index (χ1v) is 6.88. The number of likely N-dealkylation sites (tertiary alicyclic amines) is 1. The van der Waals surface area contributed by atoms with E-state index in [1.807, 2.05) is 0 Å². The Balaban J connectivity index is 1.82. The molecular formula is C14H21N3O2. The van der Waals surface area contributed by atoms with Gasteiger partial charge >= 0.3 is 0 Å². The molecule has 1 aromatic rings. The SMILES string of the molecule is CCN1CCC(CNC(=O)c2c[nH]ccc2=O)CC1. The summed E-state index contributed by atoms with van der Waals surface area (Å²) in [7, 11) is 0. The van der Waals surface area contributed by atoms with E-state index in [9.17, 15) is 9.59 Å². The van der Waals surface area contributed by atoms with E-state index in [1.165, 1.54) is 18.5 Å². The molecule has 0 bridgehead atoms. The van der Waals surface area contributed by atoms with E-state index >= 15 is 0 Å². The van der Waals surface area contributed by atoms with Gasteiger partial charge in [-0.15, -0.1) is 0 Å². The highest BCUT2D eigenvalue weighted by molar-refractivity contribution is 5.93. The van der Waals surface area contributed by atoms with Crippen LogP contribution in [0.4, 0.5) is 0 Å². The first-order chi connectivity index (χ1) is 9.20. The van der Waals surface area contributed by atoms with Gasteiger partial charge in [-0.1, -0.05) is 6.92 Å². The van der Waals surface area contributed by atoms with E-state index in [1.54, 1.807) is 0 Å². The Morgan fingerprint density at radius 3 is 2.84 bits per heavy atom. The van der Waals surface area contributed by atoms with Gasteiger partial charge in [-0.2, -0.15) is 0 Å². The highest BCUT2D eigenvalue weighted by Gasteiger charge is 2.19. The molecule has 2 heterocycles. The molecule has 0 atom stereocenters. The van der Waals surface area contributed by atoms with Crippen LogP contribution in [0.1, 0.15) is 30.1 Å². The van der Waals surface area contributed by atoms with Crippen LogP contribution in [0.2, 0.25) is 0 Å². The molecule has 1 aliphatic heterocycles. The number of pyridine rings is 1. The number of amides is 1. The topological polar surface area (TPSA) is 65.2 Å². The largest absolute Gasteiger partial charge is 0.367 e. The minimum atomic E-state index is -0.278. The lowest BCUT2D eigenvalue weighted by molar-refractivity contribution is 0.0935. The van der Waals surface area contributed by atoms with Crippen LogP contribution < -0.4 is 10.7 Å². The number of hydrogen-bond donors (Lipinski definition) is 2. The van der Waals surface area contributed by atoms with Crippen LogP contribution in [0.5, 0.6) is 0 Å². The van der Waals surface area contributed by atoms with Crippen molar-refractivity contribution in [2.75, 3.05) is 26.2 Å². The molecule has 0 aliphatic carbocycles. The average Bonchev–Trinajstić information content (AvgIpc) is 2.46. The minimum Gasteiger partial charge on any atom is -0.367 e. The standard InChI is InChI=1S/C14H21N3O2/c1-2-17-7-4-11(5-8-17)9-16-14(19)12-10-15-6-3-13(12)18/h3,6,10-11H,2,4-5,7-9H2,1H3,(H,15,18)(H,16,19). The van der Waals surface area contributed by atoms with Gasteiger partial charge in [-0.3, -0.25) is 9.59 Å². The van der Waals surface area contributed by atoms with Gasteiger partial charge in [0.05, 0.1) is 0 Å². The van der Waals surface area contributed by atoms with Crippen molar-refractivity contribution in [1.29, 1.82) is 0 Å². The molecule has 5 nitrogen and oxygen atoms in total. The zero-order valence-electron chi connectivity index (χ0n) is 11.3. The maximum atomic E-state index is 11.9. The highest BCUT2D eigenvalue weighted by atomic mass is 16.2. The van der Waals surface area contributed by atoms with Crippen LogP contribution in [0.3, 0.4) is 0 Å². The fourth-order valence-corrected chi connectivity index (χ4v) is 2.43. The number of nitrogens with one attached hydrogen (secondary N) is 2. The second kappa shape index (κ2) is 6.52. The molecule has 0 spiro atoms. The second-order valence-corrected chi connectivity index (χ2v) is 5.01. The van der Waals surface area contributed by atoms with Crippen molar-refractivity contribution in [2.24, 2.45) is 5.92 Å². The van der Waals surface area contributed by atoms with Crippen LogP contribution >= 0.6 is 0 Å². The predicted octanol–water partition coefficient (Wildman–Crippen LogP) is 0.837. The number of nitrogens with zero attached hydrogens (tertiary/aromatic N) is 1. The van der Waals surface area contributed by atoms with Gasteiger partial charge < -0.3 is 15.2 Å². The van der Waals surface area contributed by atoms with Gasteiger partial charge in [-0.25, -0.2) is 0 Å². The van der Waals surface area contributed by atoms with Gasteiger partial charge in [0.15, 0.2) is 5.43 Å². The lowest BCUT2D eigenvalue weighted by Crippen LogP contribution is -2.39. The first kappa shape index (κ1) is 13.8. The van der Waals surface area contributed by atoms with E-state index in [4.69, 9.17) is 0 Å². The maximum absolute atomic E-state index is 11.9. The normalized spacial score (nSPS) is 17.3. The molecule has 104 valence electrons. The van der Waals surface area contributed by atoms with Crippen molar-refractivity contribution >= 4 is 5.91 Å². The van der Waals surface area contributed by atoms with Gasteiger partial charge in [0.25, 0.3) is 5.91 Å². The molecule has 1 saturated heterocycles. The molecule has 2 N–H and O–H groups in total. The zero-order valence-corrected chi connectivity index (χ0v) is 11.3. The van der Waals surface area contributed by atoms with Crippen molar-refractivity contribution in [3.05, 3.63) is 34.2 Å². The number of hydrogen-bond acceptors (Lipinski definition) is 3. The third-order valence-corrected chi connectivity index (χ3v) is 3.77. The Kier molecular flexibility index (Phi) is 4.74. The summed E-state index contributed by atoms with van der Waals surface area (Å²) in [6.07, 6.45) is 5.20. The zero-order chi connectivity index (χ0) is 13.7. The van der Waals surface area contributed by atoms with Crippen LogP contribution in [0.25, 0.3) is 0 Å².